The largest absolute Gasteiger partial charge is 0.489 e. The number of hydrogen-bond donors (Lipinski definition) is 0. The molecule has 2 aliphatic rings. The Hall–Kier alpha value is -2.87. The molecule has 0 N–H and O–H groups in total. The molecule has 0 atom stereocenters. The minimum atomic E-state index is 0.303. The summed E-state index contributed by atoms with van der Waals surface area (Å²) >= 11 is 12.6. The number of allylic oxidation sites excluding steroid dienone is 3. The van der Waals surface area contributed by atoms with Crippen LogP contribution in [0.1, 0.15) is 56.2 Å². The van der Waals surface area contributed by atoms with Crippen LogP contribution in [0, 0.1) is 11.3 Å². The SMILES string of the molecule is C/C=C(\C=C/CCC)COc1ccc(N2Cc3c(cc(C#N)c(OCCCl)c3Cl)C2=C2CC2)cc1. The van der Waals surface area contributed by atoms with Crippen LogP contribution in [0.4, 0.5) is 5.69 Å². The van der Waals surface area contributed by atoms with Crippen molar-refractivity contribution < 1.29 is 9.47 Å². The Morgan fingerprint density at radius 1 is 1.20 bits per heavy atom. The van der Waals surface area contributed by atoms with Crippen molar-refractivity contribution in [3.63, 3.8) is 0 Å². The van der Waals surface area contributed by atoms with E-state index in [4.69, 9.17) is 32.7 Å². The Morgan fingerprint density at radius 2 is 1.97 bits per heavy atom. The van der Waals surface area contributed by atoms with E-state index < -0.39 is 0 Å². The molecule has 0 saturated heterocycles. The van der Waals surface area contributed by atoms with Crippen LogP contribution in [-0.2, 0) is 6.54 Å². The Balaban J connectivity index is 1.56. The van der Waals surface area contributed by atoms with Crippen molar-refractivity contribution in [1.29, 1.82) is 5.26 Å². The molecule has 1 fully saturated rings. The zero-order valence-corrected chi connectivity index (χ0v) is 21.8. The number of fused-ring (bicyclic) bond motifs is 1. The zero-order chi connectivity index (χ0) is 24.8. The van der Waals surface area contributed by atoms with Gasteiger partial charge in [-0.25, -0.2) is 0 Å². The smallest absolute Gasteiger partial charge is 0.156 e. The van der Waals surface area contributed by atoms with Gasteiger partial charge < -0.3 is 14.4 Å². The van der Waals surface area contributed by atoms with Gasteiger partial charge in [0.15, 0.2) is 5.75 Å². The molecule has 0 bridgehead atoms. The average Bonchev–Trinajstić information content (AvgIpc) is 3.65. The molecule has 0 radical (unpaired) electrons. The number of hydrogen-bond acceptors (Lipinski definition) is 4. The van der Waals surface area contributed by atoms with E-state index in [0.29, 0.717) is 42.0 Å². The molecule has 0 unspecified atom stereocenters. The first-order chi connectivity index (χ1) is 17.1. The van der Waals surface area contributed by atoms with Gasteiger partial charge in [0.1, 0.15) is 25.0 Å². The first-order valence-electron chi connectivity index (χ1n) is 12.1. The maximum absolute atomic E-state index is 9.72. The van der Waals surface area contributed by atoms with Crippen LogP contribution in [0.2, 0.25) is 5.02 Å². The predicted octanol–water partition coefficient (Wildman–Crippen LogP) is 8.04. The maximum Gasteiger partial charge on any atom is 0.156 e. The van der Waals surface area contributed by atoms with E-state index in [9.17, 15) is 5.26 Å². The summed E-state index contributed by atoms with van der Waals surface area (Å²) in [6, 6.07) is 12.3. The number of nitrogens with zero attached hydrogens (tertiary/aromatic N) is 2. The summed E-state index contributed by atoms with van der Waals surface area (Å²) in [4.78, 5) is 2.28. The summed E-state index contributed by atoms with van der Waals surface area (Å²) in [5.41, 5.74) is 7.22. The second kappa shape index (κ2) is 11.7. The fraction of sp³-hybridized carbons (Fsp3) is 0.345. The quantitative estimate of drug-likeness (QED) is 0.240. The first kappa shape index (κ1) is 25.2. The van der Waals surface area contributed by atoms with Crippen LogP contribution >= 0.6 is 23.2 Å². The van der Waals surface area contributed by atoms with Crippen LogP contribution in [0.5, 0.6) is 11.5 Å². The summed E-state index contributed by atoms with van der Waals surface area (Å²) in [5, 5.41) is 10.2. The minimum absolute atomic E-state index is 0.303. The topological polar surface area (TPSA) is 45.5 Å². The molecular weight excluding hydrogens is 479 g/mol. The standard InChI is InChI=1S/C29H30Cl2N2O2/c1-3-5-6-7-20(4-2)19-35-24-12-10-23(11-13-24)33-18-26-25(28(33)21-8-9-21)16-22(17-32)29(27(26)31)34-15-14-30/h4,6-7,10-13,16H,3,5,8-9,14-15,18-19H2,1-2H3/b7-6-,20-4+. The number of unbranched alkanes of at least 4 members (excludes halogenated alkanes) is 1. The van der Waals surface area contributed by atoms with Crippen molar-refractivity contribution in [2.75, 3.05) is 24.0 Å². The summed E-state index contributed by atoms with van der Waals surface area (Å²) in [5.74, 6) is 1.58. The lowest BCUT2D eigenvalue weighted by Gasteiger charge is -2.21. The highest BCUT2D eigenvalue weighted by molar-refractivity contribution is 6.33. The van der Waals surface area contributed by atoms with Gasteiger partial charge in [-0.3, -0.25) is 0 Å². The molecule has 2 aromatic carbocycles. The number of benzene rings is 2. The van der Waals surface area contributed by atoms with Crippen molar-refractivity contribution in [2.24, 2.45) is 0 Å². The molecule has 4 rings (SSSR count). The van der Waals surface area contributed by atoms with Gasteiger partial charge in [-0.15, -0.1) is 11.6 Å². The average molecular weight is 509 g/mol. The molecule has 0 aromatic heterocycles. The van der Waals surface area contributed by atoms with Gasteiger partial charge in [0, 0.05) is 22.5 Å². The fourth-order valence-corrected chi connectivity index (χ4v) is 4.60. The van der Waals surface area contributed by atoms with Gasteiger partial charge in [0.25, 0.3) is 0 Å². The van der Waals surface area contributed by atoms with E-state index in [1.807, 2.05) is 25.1 Å². The number of anilines is 1. The molecule has 0 spiro atoms. The molecule has 35 heavy (non-hydrogen) atoms. The monoisotopic (exact) mass is 508 g/mol. The molecular formula is C29H30Cl2N2O2. The lowest BCUT2D eigenvalue weighted by atomic mass is 10.0. The predicted molar refractivity (Wildman–Crippen MR) is 144 cm³/mol. The second-order valence-electron chi connectivity index (χ2n) is 8.62. The fourth-order valence-electron chi connectivity index (χ4n) is 4.20. The van der Waals surface area contributed by atoms with E-state index in [0.717, 1.165) is 59.5 Å². The van der Waals surface area contributed by atoms with Crippen LogP contribution in [0.3, 0.4) is 0 Å². The zero-order valence-electron chi connectivity index (χ0n) is 20.2. The second-order valence-corrected chi connectivity index (χ2v) is 9.37. The molecule has 6 heteroatoms. The molecule has 1 aliphatic carbocycles. The number of rotatable bonds is 10. The van der Waals surface area contributed by atoms with Crippen LogP contribution < -0.4 is 14.4 Å². The molecule has 182 valence electrons. The summed E-state index contributed by atoms with van der Waals surface area (Å²) in [6.07, 6.45) is 10.7. The Bertz CT molecular complexity index is 1200. The number of ether oxygens (including phenoxy) is 2. The van der Waals surface area contributed by atoms with Crippen molar-refractivity contribution in [3.05, 3.63) is 81.4 Å². The van der Waals surface area contributed by atoms with E-state index in [1.54, 1.807) is 0 Å². The van der Waals surface area contributed by atoms with Gasteiger partial charge in [0.2, 0.25) is 0 Å². The maximum atomic E-state index is 9.72. The van der Waals surface area contributed by atoms with E-state index in [-0.39, 0.29) is 0 Å². The van der Waals surface area contributed by atoms with Crippen LogP contribution in [0.15, 0.2) is 59.7 Å². The van der Waals surface area contributed by atoms with Gasteiger partial charge in [-0.1, -0.05) is 43.2 Å². The van der Waals surface area contributed by atoms with Crippen LogP contribution in [-0.4, -0.2) is 19.1 Å². The van der Waals surface area contributed by atoms with Crippen molar-refractivity contribution >= 4 is 34.6 Å². The Morgan fingerprint density at radius 3 is 2.60 bits per heavy atom. The third-order valence-corrected chi connectivity index (χ3v) is 6.71. The van der Waals surface area contributed by atoms with E-state index in [1.165, 1.54) is 5.57 Å². The number of nitriles is 1. The highest BCUT2D eigenvalue weighted by Gasteiger charge is 2.35. The molecule has 1 aliphatic heterocycles. The summed E-state index contributed by atoms with van der Waals surface area (Å²) in [7, 11) is 0. The van der Waals surface area contributed by atoms with E-state index in [2.05, 4.69) is 48.3 Å². The molecule has 2 aromatic rings. The number of halogens is 2. The molecule has 4 nitrogen and oxygen atoms in total. The molecule has 1 saturated carbocycles. The van der Waals surface area contributed by atoms with Gasteiger partial charge in [-0.2, -0.15) is 5.26 Å². The summed E-state index contributed by atoms with van der Waals surface area (Å²) in [6.45, 7) is 5.67. The highest BCUT2D eigenvalue weighted by atomic mass is 35.5. The highest BCUT2D eigenvalue weighted by Crippen LogP contribution is 2.50. The van der Waals surface area contributed by atoms with Gasteiger partial charge in [-0.05, 0) is 67.7 Å². The molecule has 0 amide bonds. The van der Waals surface area contributed by atoms with Crippen molar-refractivity contribution in [3.8, 4) is 17.6 Å². The third-order valence-electron chi connectivity index (χ3n) is 6.15. The van der Waals surface area contributed by atoms with Gasteiger partial charge >= 0.3 is 0 Å². The minimum Gasteiger partial charge on any atom is -0.489 e. The van der Waals surface area contributed by atoms with Gasteiger partial charge in [0.05, 0.1) is 23.0 Å². The Labute approximate surface area is 218 Å². The third kappa shape index (κ3) is 5.69. The Kier molecular flexibility index (Phi) is 8.44. The lowest BCUT2D eigenvalue weighted by Crippen LogP contribution is -2.14. The van der Waals surface area contributed by atoms with E-state index >= 15 is 0 Å². The van der Waals surface area contributed by atoms with Crippen LogP contribution in [0.25, 0.3) is 5.70 Å². The normalized spacial score (nSPS) is 14.9. The van der Waals surface area contributed by atoms with Crippen molar-refractivity contribution in [2.45, 2.75) is 46.1 Å². The lowest BCUT2D eigenvalue weighted by molar-refractivity contribution is 0.341. The number of alkyl halides is 1. The summed E-state index contributed by atoms with van der Waals surface area (Å²) < 4.78 is 11.8. The van der Waals surface area contributed by atoms with Crippen molar-refractivity contribution in [1.82, 2.24) is 0 Å². The molecule has 1 heterocycles. The first-order valence-corrected chi connectivity index (χ1v) is 13.0.